The lowest BCUT2D eigenvalue weighted by Gasteiger charge is -2.16. The summed E-state index contributed by atoms with van der Waals surface area (Å²) in [6.45, 7) is -0.975. The lowest BCUT2D eigenvalue weighted by Crippen LogP contribution is -2.43. The first-order valence-corrected chi connectivity index (χ1v) is 10.9. The molecular weight excluding hydrogens is 501 g/mol. The van der Waals surface area contributed by atoms with Crippen LogP contribution in [0.3, 0.4) is 0 Å². The maximum absolute atomic E-state index is 15.0. The number of amides is 1. The molecule has 36 heavy (non-hydrogen) atoms. The Balaban J connectivity index is 1.44. The van der Waals surface area contributed by atoms with Crippen LogP contribution in [-0.2, 0) is 23.7 Å². The Kier molecular flexibility index (Phi) is 7.29. The molecule has 3 heterocycles. The molecule has 0 bridgehead atoms. The molecule has 14 heteroatoms. The van der Waals surface area contributed by atoms with Gasteiger partial charge < -0.3 is 10.6 Å². The van der Waals surface area contributed by atoms with Crippen molar-refractivity contribution in [3.63, 3.8) is 0 Å². The zero-order chi connectivity index (χ0) is 25.7. The fourth-order valence-corrected chi connectivity index (χ4v) is 3.57. The number of alkyl halides is 2. The number of carbonyl (C=O) groups is 1. The largest absolute Gasteiger partial charge is 0.361 e. The second kappa shape index (κ2) is 10.6. The second-order valence-electron chi connectivity index (χ2n) is 7.57. The Morgan fingerprint density at radius 3 is 2.72 bits per heavy atom. The normalized spacial score (nSPS) is 11.3. The van der Waals surface area contributed by atoms with E-state index in [1.54, 1.807) is 24.3 Å². The third kappa shape index (κ3) is 5.51. The monoisotopic (exact) mass is 519 g/mol. The molecule has 0 aliphatic heterocycles. The molecule has 1 aromatic carbocycles. The molecule has 10 nitrogen and oxygen atoms in total. The highest BCUT2D eigenvalue weighted by molar-refractivity contribution is 6.31. The van der Waals surface area contributed by atoms with Crippen LogP contribution in [0.4, 0.5) is 19.0 Å². The third-order valence-corrected chi connectivity index (χ3v) is 5.49. The highest BCUT2D eigenvalue weighted by Gasteiger charge is 2.41. The van der Waals surface area contributed by atoms with Crippen molar-refractivity contribution in [2.75, 3.05) is 11.9 Å². The summed E-state index contributed by atoms with van der Waals surface area (Å²) in [4.78, 5) is 16.3. The Hall–Kier alpha value is -4.26. The van der Waals surface area contributed by atoms with Crippen molar-refractivity contribution in [3.8, 4) is 5.69 Å². The van der Waals surface area contributed by atoms with Gasteiger partial charge in [0.15, 0.2) is 11.6 Å². The first kappa shape index (κ1) is 24.9. The first-order chi connectivity index (χ1) is 17.3. The summed E-state index contributed by atoms with van der Waals surface area (Å²) in [5.74, 6) is -5.66. The smallest absolute Gasteiger partial charge is 0.351 e. The number of anilines is 1. The standard InChI is InChI=1S/C22H18ClF3N8O2/c23-16-11-28-21(29-12-22(25,26)18-7-3-4-8-34(18)36)20(24)15(16)9-19(35)27-10-14-5-1-2-6-17(14)33-13-30-31-32-33/h1-8,11,13H,9-10,12H2,(H2-,27,28,29,35,36)/p+1. The van der Waals surface area contributed by atoms with Crippen LogP contribution in [-0.4, -0.2) is 42.9 Å². The molecule has 4 aromatic rings. The molecule has 3 aromatic heterocycles. The molecule has 0 aliphatic carbocycles. The fourth-order valence-electron chi connectivity index (χ4n) is 3.37. The summed E-state index contributed by atoms with van der Waals surface area (Å²) in [6, 6.07) is 10.8. The highest BCUT2D eigenvalue weighted by atomic mass is 35.5. The maximum atomic E-state index is 15.0. The van der Waals surface area contributed by atoms with Crippen LogP contribution in [0, 0.1) is 5.82 Å². The molecule has 0 atom stereocenters. The number of hydrogen-bond donors (Lipinski definition) is 3. The third-order valence-electron chi connectivity index (χ3n) is 5.16. The van der Waals surface area contributed by atoms with Crippen molar-refractivity contribution in [2.45, 2.75) is 18.9 Å². The minimum Gasteiger partial charge on any atom is -0.361 e. The van der Waals surface area contributed by atoms with Gasteiger partial charge in [-0.2, -0.15) is 8.78 Å². The van der Waals surface area contributed by atoms with Crippen molar-refractivity contribution in [2.24, 2.45) is 0 Å². The lowest BCUT2D eigenvalue weighted by atomic mass is 10.1. The molecule has 186 valence electrons. The Morgan fingerprint density at radius 2 is 1.97 bits per heavy atom. The van der Waals surface area contributed by atoms with Gasteiger partial charge in [0.1, 0.15) is 6.33 Å². The van der Waals surface area contributed by atoms with Crippen LogP contribution in [0.2, 0.25) is 5.02 Å². The van der Waals surface area contributed by atoms with Crippen LogP contribution in [0.15, 0.2) is 61.2 Å². The predicted molar refractivity (Wildman–Crippen MR) is 120 cm³/mol. The second-order valence-corrected chi connectivity index (χ2v) is 7.98. The number of benzene rings is 1. The van der Waals surface area contributed by atoms with Crippen molar-refractivity contribution >= 4 is 23.3 Å². The van der Waals surface area contributed by atoms with E-state index in [1.807, 2.05) is 0 Å². The zero-order valence-corrected chi connectivity index (χ0v) is 19.2. The van der Waals surface area contributed by atoms with E-state index in [9.17, 15) is 18.8 Å². The average molecular weight is 520 g/mol. The van der Waals surface area contributed by atoms with Crippen molar-refractivity contribution in [1.29, 1.82) is 0 Å². The van der Waals surface area contributed by atoms with Crippen molar-refractivity contribution < 1.29 is 27.9 Å². The number of aromatic nitrogens is 6. The Morgan fingerprint density at radius 1 is 1.19 bits per heavy atom. The topological polar surface area (TPSA) is 122 Å². The predicted octanol–water partition coefficient (Wildman–Crippen LogP) is 2.44. The van der Waals surface area contributed by atoms with Gasteiger partial charge in [-0.25, -0.2) is 14.1 Å². The SMILES string of the molecule is O=C(Cc1c(Cl)cnc(NCC(F)(F)c2cccc[n+]2O)c1F)NCc1ccccc1-n1cnnn1. The number of hydrogen-bond acceptors (Lipinski definition) is 7. The molecule has 4 rings (SSSR count). The molecular formula is C22H19ClF3N8O2+. The lowest BCUT2D eigenvalue weighted by molar-refractivity contribution is -0.913. The van der Waals surface area contributed by atoms with Gasteiger partial charge in [-0.1, -0.05) is 29.8 Å². The van der Waals surface area contributed by atoms with E-state index in [-0.39, 0.29) is 21.9 Å². The van der Waals surface area contributed by atoms with E-state index >= 15 is 4.39 Å². The summed E-state index contributed by atoms with van der Waals surface area (Å²) in [5.41, 5.74) is 0.436. The number of halogens is 4. The van der Waals surface area contributed by atoms with E-state index < -0.39 is 42.1 Å². The quantitative estimate of drug-likeness (QED) is 0.229. The summed E-state index contributed by atoms with van der Waals surface area (Å²) >= 11 is 6.04. The number of pyridine rings is 2. The summed E-state index contributed by atoms with van der Waals surface area (Å²) in [6.07, 6.45) is 3.06. The molecule has 0 saturated heterocycles. The van der Waals surface area contributed by atoms with Gasteiger partial charge in [0.25, 0.3) is 0 Å². The number of para-hydroxylation sites is 1. The number of nitrogens with one attached hydrogen (secondary N) is 2. The highest BCUT2D eigenvalue weighted by Crippen LogP contribution is 2.28. The van der Waals surface area contributed by atoms with Crippen molar-refractivity contribution in [3.05, 3.63) is 88.8 Å². The molecule has 0 aliphatic rings. The van der Waals surface area contributed by atoms with Gasteiger partial charge in [0, 0.05) is 35.2 Å². The molecule has 1 amide bonds. The summed E-state index contributed by atoms with van der Waals surface area (Å²) < 4.78 is 45.8. The Labute approximate surface area is 207 Å². The molecule has 0 fully saturated rings. The van der Waals surface area contributed by atoms with E-state index in [0.29, 0.717) is 11.3 Å². The van der Waals surface area contributed by atoms with Crippen LogP contribution in [0.1, 0.15) is 16.8 Å². The van der Waals surface area contributed by atoms with Crippen molar-refractivity contribution in [1.82, 2.24) is 30.5 Å². The summed E-state index contributed by atoms with van der Waals surface area (Å²) in [7, 11) is 0. The Bertz CT molecular complexity index is 1370. The summed E-state index contributed by atoms with van der Waals surface area (Å²) in [5, 5.41) is 25.4. The molecule has 0 unspecified atom stereocenters. The van der Waals surface area contributed by atoms with Crippen LogP contribution in [0.5, 0.6) is 0 Å². The number of rotatable bonds is 9. The minimum absolute atomic E-state index is 0.0920. The first-order valence-electron chi connectivity index (χ1n) is 10.5. The van der Waals surface area contributed by atoms with E-state index in [1.165, 1.54) is 23.1 Å². The van der Waals surface area contributed by atoms with Gasteiger partial charge in [0.2, 0.25) is 12.1 Å². The molecule has 0 spiro atoms. The van der Waals surface area contributed by atoms with Crippen LogP contribution in [0.25, 0.3) is 5.69 Å². The van der Waals surface area contributed by atoms with E-state index in [2.05, 4.69) is 31.1 Å². The van der Waals surface area contributed by atoms with E-state index in [0.717, 1.165) is 18.5 Å². The number of carbonyl (C=O) groups excluding carboxylic acids is 1. The van der Waals surface area contributed by atoms with Gasteiger partial charge in [-0.15, -0.1) is 5.10 Å². The maximum Gasteiger partial charge on any atom is 0.351 e. The number of nitrogens with zero attached hydrogens (tertiary/aromatic N) is 6. The van der Waals surface area contributed by atoms with E-state index in [4.69, 9.17) is 11.6 Å². The van der Waals surface area contributed by atoms with Crippen LogP contribution >= 0.6 is 11.6 Å². The number of tetrazole rings is 1. The fraction of sp³-hybridized carbons (Fsp3) is 0.182. The minimum atomic E-state index is -3.56. The van der Waals surface area contributed by atoms with Gasteiger partial charge >= 0.3 is 11.6 Å². The molecule has 0 saturated carbocycles. The molecule has 0 radical (unpaired) electrons. The van der Waals surface area contributed by atoms with Crippen LogP contribution < -0.4 is 15.4 Å². The average Bonchev–Trinajstić information content (AvgIpc) is 3.40. The zero-order valence-electron chi connectivity index (χ0n) is 18.4. The van der Waals surface area contributed by atoms with Gasteiger partial charge in [0.05, 0.1) is 23.7 Å². The van der Waals surface area contributed by atoms with Gasteiger partial charge in [-0.3, -0.25) is 10.0 Å². The molecule has 3 N–H and O–H groups in total. The van der Waals surface area contributed by atoms with Gasteiger partial charge in [-0.05, 0) is 28.1 Å².